The molecule has 0 radical (unpaired) electrons. The number of aromatic nitrogens is 4. The van der Waals surface area contributed by atoms with Crippen LogP contribution in [0.4, 0.5) is 17.1 Å². The van der Waals surface area contributed by atoms with Crippen molar-refractivity contribution in [3.05, 3.63) is 47.9 Å². The molecule has 10 heteroatoms. The summed E-state index contributed by atoms with van der Waals surface area (Å²) >= 11 is 6.51. The number of methoxy groups -OCH3 is 1. The fourth-order valence-corrected chi connectivity index (χ4v) is 4.31. The number of pyridine rings is 1. The van der Waals surface area contributed by atoms with Crippen LogP contribution in [0.15, 0.2) is 42.9 Å². The Morgan fingerprint density at radius 3 is 2.67 bits per heavy atom. The second-order valence-electron chi connectivity index (χ2n) is 8.30. The molecule has 0 spiro atoms. The average Bonchev–Trinajstić information content (AvgIpc) is 3.19. The predicted octanol–water partition coefficient (Wildman–Crippen LogP) is 3.03. The summed E-state index contributed by atoms with van der Waals surface area (Å²) in [4.78, 5) is 13.7. The number of fused-ring (bicyclic) bond motifs is 1. The number of likely N-dealkylation sites (N-methyl/N-ethyl adjacent to an activating group) is 1. The maximum absolute atomic E-state index is 6.65. The van der Waals surface area contributed by atoms with E-state index in [9.17, 15) is 0 Å². The molecule has 0 aliphatic carbocycles. The molecule has 33 heavy (non-hydrogen) atoms. The number of benzene rings is 1. The van der Waals surface area contributed by atoms with Crippen molar-refractivity contribution in [1.82, 2.24) is 24.5 Å². The highest BCUT2D eigenvalue weighted by molar-refractivity contribution is 6.33. The smallest absolute Gasteiger partial charge is 0.164 e. The Morgan fingerprint density at radius 1 is 1.15 bits per heavy atom. The maximum Gasteiger partial charge on any atom is 0.164 e. The molecule has 1 aliphatic rings. The zero-order chi connectivity index (χ0) is 23.3. The number of halogens is 1. The van der Waals surface area contributed by atoms with Crippen LogP contribution in [0.5, 0.6) is 5.75 Å². The first-order valence-electron chi connectivity index (χ1n) is 10.5. The second-order valence-corrected chi connectivity index (χ2v) is 8.71. The van der Waals surface area contributed by atoms with Crippen molar-refractivity contribution in [3.8, 4) is 28.4 Å². The fraction of sp³-hybridized carbons (Fsp3) is 0.261. The molecule has 0 bridgehead atoms. The van der Waals surface area contributed by atoms with Gasteiger partial charge in [0, 0.05) is 37.0 Å². The predicted molar refractivity (Wildman–Crippen MR) is 132 cm³/mol. The lowest BCUT2D eigenvalue weighted by atomic mass is 10.0. The van der Waals surface area contributed by atoms with Gasteiger partial charge in [0.15, 0.2) is 5.82 Å². The van der Waals surface area contributed by atoms with Crippen LogP contribution in [0.2, 0.25) is 5.02 Å². The van der Waals surface area contributed by atoms with Crippen LogP contribution in [-0.4, -0.2) is 64.8 Å². The minimum absolute atomic E-state index is 0.379. The molecule has 4 aromatic rings. The first kappa shape index (κ1) is 21.3. The monoisotopic (exact) mass is 464 g/mol. The number of nitrogens with two attached hydrogens (primary N) is 2. The molecule has 170 valence electrons. The Morgan fingerprint density at radius 2 is 1.94 bits per heavy atom. The Kier molecular flexibility index (Phi) is 5.22. The summed E-state index contributed by atoms with van der Waals surface area (Å²) in [6.07, 6.45) is 5.17. The second kappa shape index (κ2) is 8.09. The van der Waals surface area contributed by atoms with Gasteiger partial charge in [0.1, 0.15) is 5.75 Å². The zero-order valence-electron chi connectivity index (χ0n) is 18.7. The minimum atomic E-state index is 0.379. The minimum Gasteiger partial charge on any atom is -0.494 e. The third kappa shape index (κ3) is 3.49. The summed E-state index contributed by atoms with van der Waals surface area (Å²) in [5, 5.41) is 4.81. The molecule has 5 rings (SSSR count). The van der Waals surface area contributed by atoms with E-state index in [1.165, 1.54) is 0 Å². The number of hydrogen-bond donors (Lipinski definition) is 2. The van der Waals surface area contributed by atoms with Crippen molar-refractivity contribution >= 4 is 34.2 Å². The van der Waals surface area contributed by atoms with Crippen LogP contribution in [0, 0.1) is 0 Å². The third-order valence-electron chi connectivity index (χ3n) is 6.15. The number of nitrogen functional groups attached to an aromatic ring is 2. The van der Waals surface area contributed by atoms with Crippen LogP contribution in [-0.2, 0) is 0 Å². The van der Waals surface area contributed by atoms with Crippen molar-refractivity contribution in [1.29, 1.82) is 0 Å². The molecule has 9 nitrogen and oxygen atoms in total. The molecule has 0 unspecified atom stereocenters. The van der Waals surface area contributed by atoms with Gasteiger partial charge in [-0.2, -0.15) is 5.10 Å². The Hall–Kier alpha value is -3.56. The number of rotatable bonds is 5. The van der Waals surface area contributed by atoms with Crippen LogP contribution in [0.3, 0.4) is 0 Å². The molecule has 1 aliphatic heterocycles. The van der Waals surface area contributed by atoms with E-state index in [0.717, 1.165) is 29.9 Å². The van der Waals surface area contributed by atoms with Gasteiger partial charge in [0.05, 0.1) is 58.4 Å². The maximum atomic E-state index is 6.65. The summed E-state index contributed by atoms with van der Waals surface area (Å²) in [5.41, 5.74) is 17.6. The third-order valence-corrected chi connectivity index (χ3v) is 6.43. The van der Waals surface area contributed by atoms with Gasteiger partial charge in [-0.25, -0.2) is 14.5 Å². The lowest BCUT2D eigenvalue weighted by molar-refractivity contribution is 0.247. The largest absolute Gasteiger partial charge is 0.494 e. The molecule has 3 aromatic heterocycles. The molecular formula is C23H25ClN8O. The molecule has 4 N–H and O–H groups in total. The fourth-order valence-electron chi connectivity index (χ4n) is 4.12. The first-order chi connectivity index (χ1) is 15.9. The molecule has 0 atom stereocenters. The highest BCUT2D eigenvalue weighted by Gasteiger charge is 2.32. The number of ether oxygens (including phenoxy) is 1. The summed E-state index contributed by atoms with van der Waals surface area (Å²) in [6.45, 7) is 1.72. The number of anilines is 3. The summed E-state index contributed by atoms with van der Waals surface area (Å²) in [5.74, 6) is 0.906. The van der Waals surface area contributed by atoms with Gasteiger partial charge in [-0.15, -0.1) is 0 Å². The Bertz CT molecular complexity index is 1350. The van der Waals surface area contributed by atoms with Crippen molar-refractivity contribution < 1.29 is 4.74 Å². The Labute approximate surface area is 196 Å². The molecule has 4 heterocycles. The van der Waals surface area contributed by atoms with Crippen LogP contribution in [0.1, 0.15) is 0 Å². The van der Waals surface area contributed by atoms with E-state index in [0.29, 0.717) is 45.3 Å². The first-order valence-corrected chi connectivity index (χ1v) is 10.9. The Balaban J connectivity index is 1.64. The molecule has 1 fully saturated rings. The average molecular weight is 465 g/mol. The summed E-state index contributed by atoms with van der Waals surface area (Å²) < 4.78 is 7.34. The number of nitrogens with zero attached hydrogens (tertiary/aromatic N) is 6. The zero-order valence-corrected chi connectivity index (χ0v) is 19.4. The van der Waals surface area contributed by atoms with Gasteiger partial charge in [-0.3, -0.25) is 0 Å². The van der Waals surface area contributed by atoms with Gasteiger partial charge in [-0.1, -0.05) is 17.7 Å². The van der Waals surface area contributed by atoms with Gasteiger partial charge in [0.25, 0.3) is 0 Å². The highest BCUT2D eigenvalue weighted by Crippen LogP contribution is 2.45. The van der Waals surface area contributed by atoms with Gasteiger partial charge >= 0.3 is 0 Å². The van der Waals surface area contributed by atoms with E-state index in [2.05, 4.69) is 34.0 Å². The van der Waals surface area contributed by atoms with E-state index in [4.69, 9.17) is 32.8 Å². The van der Waals surface area contributed by atoms with Gasteiger partial charge in [-0.05, 0) is 26.2 Å². The van der Waals surface area contributed by atoms with Gasteiger partial charge < -0.3 is 26.0 Å². The molecule has 1 aromatic carbocycles. The van der Waals surface area contributed by atoms with Crippen LogP contribution >= 0.6 is 11.6 Å². The van der Waals surface area contributed by atoms with Crippen molar-refractivity contribution in [2.45, 2.75) is 6.04 Å². The topological polar surface area (TPSA) is 111 Å². The van der Waals surface area contributed by atoms with E-state index < -0.39 is 0 Å². The molecule has 1 saturated heterocycles. The molecule has 0 amide bonds. The molecular weight excluding hydrogens is 440 g/mol. The lowest BCUT2D eigenvalue weighted by Crippen LogP contribution is -2.57. The molecule has 0 saturated carbocycles. The van der Waals surface area contributed by atoms with Crippen LogP contribution < -0.4 is 21.1 Å². The lowest BCUT2D eigenvalue weighted by Gasteiger charge is -2.45. The quantitative estimate of drug-likeness (QED) is 0.433. The van der Waals surface area contributed by atoms with E-state index >= 15 is 0 Å². The highest BCUT2D eigenvalue weighted by atomic mass is 35.5. The van der Waals surface area contributed by atoms with Crippen molar-refractivity contribution in [3.63, 3.8) is 0 Å². The van der Waals surface area contributed by atoms with Gasteiger partial charge in [0.2, 0.25) is 0 Å². The normalized spacial score (nSPS) is 14.2. The van der Waals surface area contributed by atoms with E-state index in [1.807, 2.05) is 30.5 Å². The van der Waals surface area contributed by atoms with Crippen molar-refractivity contribution in [2.75, 3.05) is 50.7 Å². The van der Waals surface area contributed by atoms with E-state index in [-0.39, 0.29) is 0 Å². The standard InChI is InChI=1S/C23H25ClN8O/c1-30(2)13-11-31(12-13)17-8-18(33-3)21(26)19(20(17)25)23-27-10-15(24)22(29-23)14-9-28-32-7-5-4-6-16(14)32/h4-10,13H,11-12,25-26H2,1-3H3. The van der Waals surface area contributed by atoms with E-state index in [1.54, 1.807) is 24.0 Å². The number of hydrogen-bond acceptors (Lipinski definition) is 8. The summed E-state index contributed by atoms with van der Waals surface area (Å²) in [7, 11) is 5.73. The van der Waals surface area contributed by atoms with Crippen LogP contribution in [0.25, 0.3) is 28.2 Å². The SMILES string of the molecule is COc1cc(N2CC(N(C)C)C2)c(N)c(-c2ncc(Cl)c(-c3cnn4ccccc34)n2)c1N. The van der Waals surface area contributed by atoms with Crippen molar-refractivity contribution in [2.24, 2.45) is 0 Å². The summed E-state index contributed by atoms with van der Waals surface area (Å²) in [6, 6.07) is 8.15.